The number of nitrogens with one attached hydrogen (secondary N) is 1. The molecular weight excluding hydrogens is 356 g/mol. The maximum absolute atomic E-state index is 12.3. The van der Waals surface area contributed by atoms with Crippen LogP contribution < -0.4 is 5.32 Å². The molecule has 3 rings (SSSR count). The van der Waals surface area contributed by atoms with E-state index in [9.17, 15) is 19.5 Å². The molecule has 0 saturated carbocycles. The molecule has 26 heavy (non-hydrogen) atoms. The van der Waals surface area contributed by atoms with Gasteiger partial charge in [0.2, 0.25) is 5.91 Å². The molecule has 0 aliphatic carbocycles. The number of thioether (sulfide) groups is 1. The fourth-order valence-electron chi connectivity index (χ4n) is 2.35. The third-order valence-corrected chi connectivity index (χ3v) is 4.57. The average molecular weight is 372 g/mol. The number of benzene rings is 1. The van der Waals surface area contributed by atoms with Crippen molar-refractivity contribution in [3.63, 3.8) is 0 Å². The SMILES string of the molecule is O=C(CN1C(=O)S/C(=C\c2ccco2)C1=O)NCCc1ccc(O)cc1. The quantitative estimate of drug-likeness (QED) is 0.755. The zero-order valence-electron chi connectivity index (χ0n) is 13.7. The fraction of sp³-hybridized carbons (Fsp3) is 0.167. The van der Waals surface area contributed by atoms with Gasteiger partial charge in [0.1, 0.15) is 18.1 Å². The van der Waals surface area contributed by atoms with Crippen molar-refractivity contribution in [3.05, 3.63) is 58.9 Å². The summed E-state index contributed by atoms with van der Waals surface area (Å²) < 4.78 is 5.13. The van der Waals surface area contributed by atoms with Gasteiger partial charge in [-0.3, -0.25) is 19.3 Å². The van der Waals surface area contributed by atoms with Crippen molar-refractivity contribution in [1.29, 1.82) is 0 Å². The van der Waals surface area contributed by atoms with Gasteiger partial charge in [0, 0.05) is 12.6 Å². The highest BCUT2D eigenvalue weighted by molar-refractivity contribution is 8.18. The molecule has 2 heterocycles. The predicted molar refractivity (Wildman–Crippen MR) is 96.2 cm³/mol. The van der Waals surface area contributed by atoms with Crippen molar-refractivity contribution in [2.45, 2.75) is 6.42 Å². The number of phenolic OH excluding ortho intramolecular Hbond substituents is 1. The van der Waals surface area contributed by atoms with Crippen molar-refractivity contribution >= 4 is 34.9 Å². The van der Waals surface area contributed by atoms with Gasteiger partial charge in [-0.15, -0.1) is 0 Å². The second-order valence-electron chi connectivity index (χ2n) is 5.55. The van der Waals surface area contributed by atoms with Crippen LogP contribution in [0.4, 0.5) is 4.79 Å². The van der Waals surface area contributed by atoms with Crippen LogP contribution in [0.5, 0.6) is 5.75 Å². The van der Waals surface area contributed by atoms with Crippen molar-refractivity contribution < 1.29 is 23.9 Å². The van der Waals surface area contributed by atoms with Crippen LogP contribution in [0, 0.1) is 0 Å². The molecule has 1 aromatic heterocycles. The molecule has 1 aliphatic heterocycles. The first-order chi connectivity index (χ1) is 12.5. The van der Waals surface area contributed by atoms with Gasteiger partial charge in [-0.2, -0.15) is 0 Å². The van der Waals surface area contributed by atoms with Crippen LogP contribution in [0.3, 0.4) is 0 Å². The topological polar surface area (TPSA) is 99.9 Å². The zero-order valence-corrected chi connectivity index (χ0v) is 14.5. The van der Waals surface area contributed by atoms with Crippen LogP contribution in [0.1, 0.15) is 11.3 Å². The van der Waals surface area contributed by atoms with Crippen LogP contribution >= 0.6 is 11.8 Å². The van der Waals surface area contributed by atoms with E-state index in [1.54, 1.807) is 36.4 Å². The van der Waals surface area contributed by atoms with Crippen LogP contribution in [0.15, 0.2) is 52.0 Å². The lowest BCUT2D eigenvalue weighted by atomic mass is 10.1. The molecule has 0 atom stereocenters. The van der Waals surface area contributed by atoms with E-state index >= 15 is 0 Å². The summed E-state index contributed by atoms with van der Waals surface area (Å²) in [6.07, 6.45) is 3.53. The third kappa shape index (κ3) is 4.34. The smallest absolute Gasteiger partial charge is 0.294 e. The molecule has 0 spiro atoms. The summed E-state index contributed by atoms with van der Waals surface area (Å²) in [7, 11) is 0. The molecule has 0 unspecified atom stereocenters. The summed E-state index contributed by atoms with van der Waals surface area (Å²) in [5, 5.41) is 11.4. The first-order valence-corrected chi connectivity index (χ1v) is 8.68. The number of rotatable bonds is 6. The molecule has 8 heteroatoms. The molecule has 2 aromatic rings. The van der Waals surface area contributed by atoms with E-state index in [2.05, 4.69) is 5.32 Å². The predicted octanol–water partition coefficient (Wildman–Crippen LogP) is 2.38. The second-order valence-corrected chi connectivity index (χ2v) is 6.54. The highest BCUT2D eigenvalue weighted by Gasteiger charge is 2.36. The number of hydrogen-bond acceptors (Lipinski definition) is 6. The van der Waals surface area contributed by atoms with Gasteiger partial charge in [-0.1, -0.05) is 12.1 Å². The van der Waals surface area contributed by atoms with E-state index in [-0.39, 0.29) is 17.2 Å². The van der Waals surface area contributed by atoms with E-state index in [1.807, 2.05) is 0 Å². The summed E-state index contributed by atoms with van der Waals surface area (Å²) in [6, 6.07) is 10.0. The maximum Gasteiger partial charge on any atom is 0.294 e. The van der Waals surface area contributed by atoms with E-state index in [4.69, 9.17) is 4.42 Å². The number of amides is 3. The number of carbonyl (C=O) groups excluding carboxylic acids is 3. The van der Waals surface area contributed by atoms with Crippen molar-refractivity contribution in [2.24, 2.45) is 0 Å². The van der Waals surface area contributed by atoms with Gasteiger partial charge in [-0.25, -0.2) is 0 Å². The largest absolute Gasteiger partial charge is 0.508 e. The number of hydrogen-bond donors (Lipinski definition) is 2. The van der Waals surface area contributed by atoms with Crippen LogP contribution in [0.25, 0.3) is 6.08 Å². The normalized spacial score (nSPS) is 15.7. The minimum absolute atomic E-state index is 0.180. The summed E-state index contributed by atoms with van der Waals surface area (Å²) in [4.78, 5) is 37.4. The van der Waals surface area contributed by atoms with Crippen molar-refractivity contribution in [2.75, 3.05) is 13.1 Å². The first-order valence-electron chi connectivity index (χ1n) is 7.86. The molecule has 1 aromatic carbocycles. The molecule has 0 bridgehead atoms. The molecule has 134 valence electrons. The number of phenols is 1. The lowest BCUT2D eigenvalue weighted by molar-refractivity contribution is -0.129. The number of imide groups is 1. The lowest BCUT2D eigenvalue weighted by Crippen LogP contribution is -2.40. The average Bonchev–Trinajstić information content (AvgIpc) is 3.21. The van der Waals surface area contributed by atoms with Crippen LogP contribution in [0.2, 0.25) is 0 Å². The Bertz CT molecular complexity index is 843. The van der Waals surface area contributed by atoms with Gasteiger partial charge >= 0.3 is 0 Å². The highest BCUT2D eigenvalue weighted by atomic mass is 32.2. The highest BCUT2D eigenvalue weighted by Crippen LogP contribution is 2.31. The van der Waals surface area contributed by atoms with Gasteiger partial charge in [-0.05, 0) is 48.0 Å². The van der Waals surface area contributed by atoms with Gasteiger partial charge in [0.15, 0.2) is 0 Å². The van der Waals surface area contributed by atoms with Crippen molar-refractivity contribution in [1.82, 2.24) is 10.2 Å². The van der Waals surface area contributed by atoms with Crippen LogP contribution in [-0.2, 0) is 16.0 Å². The molecular formula is C18H16N2O5S. The van der Waals surface area contributed by atoms with Crippen molar-refractivity contribution in [3.8, 4) is 5.75 Å². The summed E-state index contributed by atoms with van der Waals surface area (Å²) in [5.74, 6) is -0.274. The molecule has 0 radical (unpaired) electrons. The van der Waals surface area contributed by atoms with E-state index < -0.39 is 17.1 Å². The maximum atomic E-state index is 12.3. The summed E-state index contributed by atoms with van der Waals surface area (Å²) in [5.41, 5.74) is 0.954. The Kier molecular flexibility index (Phi) is 5.43. The number of furan rings is 1. The zero-order chi connectivity index (χ0) is 18.5. The Hall–Kier alpha value is -3.00. The van der Waals surface area contributed by atoms with E-state index in [0.29, 0.717) is 18.7 Å². The summed E-state index contributed by atoms with van der Waals surface area (Å²) in [6.45, 7) is 0.0395. The monoisotopic (exact) mass is 372 g/mol. The van der Waals surface area contributed by atoms with Gasteiger partial charge < -0.3 is 14.8 Å². The minimum Gasteiger partial charge on any atom is -0.508 e. The van der Waals surface area contributed by atoms with E-state index in [0.717, 1.165) is 22.2 Å². The number of nitrogens with zero attached hydrogens (tertiary/aromatic N) is 1. The van der Waals surface area contributed by atoms with Gasteiger partial charge in [0.25, 0.3) is 11.1 Å². The minimum atomic E-state index is -0.509. The second kappa shape index (κ2) is 7.92. The Morgan fingerprint density at radius 1 is 1.23 bits per heavy atom. The number of aromatic hydroxyl groups is 1. The molecule has 3 amide bonds. The van der Waals surface area contributed by atoms with E-state index in [1.165, 1.54) is 12.3 Å². The molecule has 1 fully saturated rings. The Morgan fingerprint density at radius 3 is 2.69 bits per heavy atom. The third-order valence-electron chi connectivity index (χ3n) is 3.66. The fourth-order valence-corrected chi connectivity index (χ4v) is 3.17. The first kappa shape index (κ1) is 17.8. The Morgan fingerprint density at radius 2 is 2.00 bits per heavy atom. The lowest BCUT2D eigenvalue weighted by Gasteiger charge is -2.12. The van der Waals surface area contributed by atoms with Crippen LogP contribution in [-0.4, -0.2) is 40.1 Å². The van der Waals surface area contributed by atoms with Gasteiger partial charge in [0.05, 0.1) is 11.2 Å². The molecule has 2 N–H and O–H groups in total. The molecule has 1 saturated heterocycles. The standard InChI is InChI=1S/C18H16N2O5S/c21-13-5-3-12(4-6-13)7-8-19-16(22)11-20-17(23)15(26-18(20)24)10-14-2-1-9-25-14/h1-6,9-10,21H,7-8,11H2,(H,19,22)/b15-10-. The molecule has 7 nitrogen and oxygen atoms in total. The number of carbonyl (C=O) groups is 3. The molecule has 1 aliphatic rings. The Balaban J connectivity index is 1.51. The summed E-state index contributed by atoms with van der Waals surface area (Å²) >= 11 is 0.779. The Labute approximate surface area is 153 Å².